The number of carbonyl (C=O) groups is 2. The predicted molar refractivity (Wildman–Crippen MR) is 79.2 cm³/mol. The van der Waals surface area contributed by atoms with E-state index in [4.69, 9.17) is 26.8 Å². The second kappa shape index (κ2) is 8.49. The van der Waals surface area contributed by atoms with E-state index in [1.165, 1.54) is 4.90 Å². The van der Waals surface area contributed by atoms with E-state index in [0.717, 1.165) is 0 Å². The summed E-state index contributed by atoms with van der Waals surface area (Å²) >= 11 is 5.83. The van der Waals surface area contributed by atoms with Gasteiger partial charge in [-0.1, -0.05) is 17.7 Å². The molecule has 6 nitrogen and oxygen atoms in total. The molecule has 116 valence electrons. The molecule has 0 aliphatic heterocycles. The smallest absolute Gasteiger partial charge is 0.332 e. The molecule has 0 saturated heterocycles. The maximum atomic E-state index is 11.9. The Morgan fingerprint density at radius 3 is 2.76 bits per heavy atom. The summed E-state index contributed by atoms with van der Waals surface area (Å²) in [5.74, 6) is -0.633. The number of halogens is 1. The third-order valence-corrected chi connectivity index (χ3v) is 2.91. The zero-order chi connectivity index (χ0) is 15.8. The summed E-state index contributed by atoms with van der Waals surface area (Å²) < 4.78 is 10.2. The first kappa shape index (κ1) is 17.3. The van der Waals surface area contributed by atoms with Crippen LogP contribution in [0.25, 0.3) is 0 Å². The summed E-state index contributed by atoms with van der Waals surface area (Å²) in [6, 6.07) is 5.64. The largest absolute Gasteiger partial charge is 0.492 e. The van der Waals surface area contributed by atoms with E-state index < -0.39 is 17.9 Å². The average molecular weight is 315 g/mol. The van der Waals surface area contributed by atoms with Gasteiger partial charge in [0.05, 0.1) is 13.2 Å². The molecule has 0 saturated carbocycles. The standard InChI is InChI=1S/C14H19ClN2O4/c1-3-20-14(19)12(16)13(18)17(2)7-8-21-11-6-4-5-10(15)9-11/h4-6,9,12H,3,7-8,16H2,1-2H3. The van der Waals surface area contributed by atoms with Crippen LogP contribution < -0.4 is 10.5 Å². The number of nitrogens with zero attached hydrogens (tertiary/aromatic N) is 1. The zero-order valence-corrected chi connectivity index (χ0v) is 12.8. The van der Waals surface area contributed by atoms with Crippen LogP contribution in [0.4, 0.5) is 0 Å². The summed E-state index contributed by atoms with van der Waals surface area (Å²) in [7, 11) is 1.54. The van der Waals surface area contributed by atoms with E-state index in [-0.39, 0.29) is 13.2 Å². The number of likely N-dealkylation sites (N-methyl/N-ethyl adjacent to an activating group) is 1. The molecule has 1 amide bonds. The van der Waals surface area contributed by atoms with Crippen molar-refractivity contribution < 1.29 is 19.1 Å². The van der Waals surface area contributed by atoms with Gasteiger partial charge in [0.1, 0.15) is 12.4 Å². The monoisotopic (exact) mass is 314 g/mol. The highest BCUT2D eigenvalue weighted by atomic mass is 35.5. The second-order valence-corrected chi connectivity index (χ2v) is 4.73. The van der Waals surface area contributed by atoms with Crippen molar-refractivity contribution >= 4 is 23.5 Å². The van der Waals surface area contributed by atoms with Crippen LogP contribution in [-0.2, 0) is 14.3 Å². The number of amides is 1. The molecule has 0 fully saturated rings. The SMILES string of the molecule is CCOC(=O)C(N)C(=O)N(C)CCOc1cccc(Cl)c1. The molecule has 1 aromatic rings. The Bertz CT molecular complexity index is 496. The van der Waals surface area contributed by atoms with Gasteiger partial charge < -0.3 is 20.1 Å². The molecule has 0 heterocycles. The Morgan fingerprint density at radius 1 is 1.43 bits per heavy atom. The fourth-order valence-electron chi connectivity index (χ4n) is 1.54. The normalized spacial score (nSPS) is 11.6. The fraction of sp³-hybridized carbons (Fsp3) is 0.429. The van der Waals surface area contributed by atoms with Crippen LogP contribution in [0.3, 0.4) is 0 Å². The van der Waals surface area contributed by atoms with Gasteiger partial charge >= 0.3 is 5.97 Å². The number of nitrogens with two attached hydrogens (primary N) is 1. The molecule has 0 spiro atoms. The van der Waals surface area contributed by atoms with E-state index in [0.29, 0.717) is 17.3 Å². The van der Waals surface area contributed by atoms with Gasteiger partial charge in [0.15, 0.2) is 6.04 Å². The Morgan fingerprint density at radius 2 is 2.14 bits per heavy atom. The molecule has 2 N–H and O–H groups in total. The molecule has 1 atom stereocenters. The molecule has 0 bridgehead atoms. The van der Waals surface area contributed by atoms with Gasteiger partial charge in [-0.2, -0.15) is 0 Å². The van der Waals surface area contributed by atoms with Gasteiger partial charge in [0.2, 0.25) is 0 Å². The highest BCUT2D eigenvalue weighted by Crippen LogP contribution is 2.16. The highest BCUT2D eigenvalue weighted by Gasteiger charge is 2.26. The van der Waals surface area contributed by atoms with Crippen LogP contribution in [0.5, 0.6) is 5.75 Å². The summed E-state index contributed by atoms with van der Waals surface area (Å²) in [6.07, 6.45) is 0. The van der Waals surface area contributed by atoms with Gasteiger partial charge in [0, 0.05) is 12.1 Å². The molecular weight excluding hydrogens is 296 g/mol. The molecule has 1 rings (SSSR count). The summed E-state index contributed by atoms with van der Waals surface area (Å²) in [5, 5.41) is 0.571. The minimum Gasteiger partial charge on any atom is -0.492 e. The van der Waals surface area contributed by atoms with E-state index in [2.05, 4.69) is 0 Å². The van der Waals surface area contributed by atoms with Gasteiger partial charge in [-0.3, -0.25) is 4.79 Å². The van der Waals surface area contributed by atoms with Crippen LogP contribution in [-0.4, -0.2) is 49.6 Å². The van der Waals surface area contributed by atoms with E-state index in [9.17, 15) is 9.59 Å². The third kappa shape index (κ3) is 5.61. The Balaban J connectivity index is 2.41. The van der Waals surface area contributed by atoms with Gasteiger partial charge in [-0.15, -0.1) is 0 Å². The molecule has 1 unspecified atom stereocenters. The topological polar surface area (TPSA) is 81.9 Å². The van der Waals surface area contributed by atoms with Crippen LogP contribution in [0, 0.1) is 0 Å². The number of carbonyl (C=O) groups excluding carboxylic acids is 2. The molecule has 0 aromatic heterocycles. The lowest BCUT2D eigenvalue weighted by Gasteiger charge is -2.20. The molecule has 0 radical (unpaired) electrons. The fourth-order valence-corrected chi connectivity index (χ4v) is 1.72. The number of hydrogen-bond donors (Lipinski definition) is 1. The number of ether oxygens (including phenoxy) is 2. The Hall–Kier alpha value is -1.79. The molecule has 21 heavy (non-hydrogen) atoms. The quantitative estimate of drug-likeness (QED) is 0.601. The lowest BCUT2D eigenvalue weighted by molar-refractivity contribution is -0.150. The van der Waals surface area contributed by atoms with Gasteiger partial charge in [0.25, 0.3) is 5.91 Å². The maximum Gasteiger partial charge on any atom is 0.332 e. The van der Waals surface area contributed by atoms with Crippen LogP contribution in [0.1, 0.15) is 6.92 Å². The number of esters is 1. The molecule has 7 heteroatoms. The van der Waals surface area contributed by atoms with Crippen molar-refractivity contribution in [3.05, 3.63) is 29.3 Å². The summed E-state index contributed by atoms with van der Waals surface area (Å²) in [6.45, 7) is 2.38. The summed E-state index contributed by atoms with van der Waals surface area (Å²) in [5.41, 5.74) is 5.53. The highest BCUT2D eigenvalue weighted by molar-refractivity contribution is 6.30. The van der Waals surface area contributed by atoms with Crippen LogP contribution in [0.2, 0.25) is 5.02 Å². The Kier molecular flexibility index (Phi) is 6.98. The minimum absolute atomic E-state index is 0.182. The van der Waals surface area contributed by atoms with E-state index in [1.54, 1.807) is 38.2 Å². The average Bonchev–Trinajstić information content (AvgIpc) is 2.46. The van der Waals surface area contributed by atoms with Gasteiger partial charge in [-0.05, 0) is 25.1 Å². The summed E-state index contributed by atoms with van der Waals surface area (Å²) in [4.78, 5) is 24.6. The van der Waals surface area contributed by atoms with Crippen LogP contribution in [0.15, 0.2) is 24.3 Å². The predicted octanol–water partition coefficient (Wildman–Crippen LogP) is 1.07. The number of benzene rings is 1. The van der Waals surface area contributed by atoms with Crippen molar-refractivity contribution in [3.8, 4) is 5.75 Å². The van der Waals surface area contributed by atoms with Gasteiger partial charge in [-0.25, -0.2) is 4.79 Å². The van der Waals surface area contributed by atoms with Crippen molar-refractivity contribution in [2.75, 3.05) is 26.8 Å². The maximum absolute atomic E-state index is 11.9. The molecule has 0 aliphatic rings. The first-order valence-electron chi connectivity index (χ1n) is 6.51. The van der Waals surface area contributed by atoms with Crippen molar-refractivity contribution in [3.63, 3.8) is 0 Å². The van der Waals surface area contributed by atoms with Crippen molar-refractivity contribution in [1.29, 1.82) is 0 Å². The van der Waals surface area contributed by atoms with Crippen molar-refractivity contribution in [1.82, 2.24) is 4.90 Å². The van der Waals surface area contributed by atoms with Crippen molar-refractivity contribution in [2.24, 2.45) is 5.73 Å². The Labute approximate surface area is 128 Å². The van der Waals surface area contributed by atoms with Crippen LogP contribution >= 0.6 is 11.6 Å². The van der Waals surface area contributed by atoms with E-state index >= 15 is 0 Å². The number of hydrogen-bond acceptors (Lipinski definition) is 5. The van der Waals surface area contributed by atoms with Crippen molar-refractivity contribution in [2.45, 2.75) is 13.0 Å². The first-order chi connectivity index (χ1) is 9.95. The molecule has 1 aromatic carbocycles. The second-order valence-electron chi connectivity index (χ2n) is 4.30. The van der Waals surface area contributed by atoms with E-state index in [1.807, 2.05) is 0 Å². The zero-order valence-electron chi connectivity index (χ0n) is 12.0. The third-order valence-electron chi connectivity index (χ3n) is 2.67. The first-order valence-corrected chi connectivity index (χ1v) is 6.89. The lowest BCUT2D eigenvalue weighted by atomic mass is 10.3. The number of rotatable bonds is 7. The molecule has 0 aliphatic carbocycles. The lowest BCUT2D eigenvalue weighted by Crippen LogP contribution is -2.48. The molecular formula is C14H19ClN2O4. The minimum atomic E-state index is -1.30.